The van der Waals surface area contributed by atoms with E-state index in [1.165, 1.54) is 19.8 Å². The van der Waals surface area contributed by atoms with Crippen LogP contribution in [0.1, 0.15) is 71.6 Å². The average Bonchev–Trinajstić information content (AvgIpc) is 2.89. The highest BCUT2D eigenvalue weighted by molar-refractivity contribution is 5.76. The number of aliphatic carboxylic acids is 1. The molecule has 4 rings (SSSR count). The van der Waals surface area contributed by atoms with Gasteiger partial charge in [-0.1, -0.05) is 13.3 Å². The third-order valence-corrected chi connectivity index (χ3v) is 9.29. The van der Waals surface area contributed by atoms with Gasteiger partial charge in [0.1, 0.15) is 12.0 Å². The SMILES string of the molecule is CC(=O)OC[C@@]1(C(=O)O)CCC[C@@]2(C)[C@@H]3CC[C@@H]4C[C@@]3(CC[C@H]12)C[C@H]4CO.O. The van der Waals surface area contributed by atoms with Gasteiger partial charge in [-0.25, -0.2) is 0 Å². The predicted octanol–water partition coefficient (Wildman–Crippen LogP) is 2.81. The number of fused-ring (bicyclic) bond motifs is 3. The van der Waals surface area contributed by atoms with Crippen LogP contribution in [0.3, 0.4) is 0 Å². The zero-order valence-electron chi connectivity index (χ0n) is 17.2. The van der Waals surface area contributed by atoms with Crippen LogP contribution in [-0.2, 0) is 14.3 Å². The number of ether oxygens (including phenoxy) is 1. The Kier molecular flexibility index (Phi) is 5.61. The highest BCUT2D eigenvalue weighted by Crippen LogP contribution is 2.72. The van der Waals surface area contributed by atoms with E-state index in [0.717, 1.165) is 38.5 Å². The fourth-order valence-electron chi connectivity index (χ4n) is 8.33. The van der Waals surface area contributed by atoms with Crippen LogP contribution in [0.2, 0.25) is 0 Å². The Morgan fingerprint density at radius 2 is 1.82 bits per heavy atom. The molecule has 7 atom stereocenters. The largest absolute Gasteiger partial charge is 0.481 e. The molecule has 6 nitrogen and oxygen atoms in total. The quantitative estimate of drug-likeness (QED) is 0.709. The first kappa shape index (κ1) is 21.6. The maximum atomic E-state index is 12.5. The molecule has 1 spiro atoms. The molecular weight excluding hydrogens is 360 g/mol. The zero-order chi connectivity index (χ0) is 19.4. The fourth-order valence-corrected chi connectivity index (χ4v) is 8.33. The van der Waals surface area contributed by atoms with Gasteiger partial charge >= 0.3 is 11.9 Å². The molecule has 4 aliphatic rings. The third kappa shape index (κ3) is 2.90. The van der Waals surface area contributed by atoms with Gasteiger partial charge in [0.05, 0.1) is 0 Å². The van der Waals surface area contributed by atoms with E-state index in [-0.39, 0.29) is 23.4 Å². The summed E-state index contributed by atoms with van der Waals surface area (Å²) in [5, 5.41) is 20.1. The van der Waals surface area contributed by atoms with Crippen molar-refractivity contribution in [1.29, 1.82) is 0 Å². The number of rotatable bonds is 4. The van der Waals surface area contributed by atoms with Crippen molar-refractivity contribution in [2.45, 2.75) is 71.6 Å². The van der Waals surface area contributed by atoms with Crippen LogP contribution < -0.4 is 0 Å². The summed E-state index contributed by atoms with van der Waals surface area (Å²) in [7, 11) is 0. The molecule has 4 fully saturated rings. The molecule has 0 aromatic rings. The number of aliphatic hydroxyl groups is 1. The van der Waals surface area contributed by atoms with Gasteiger partial charge < -0.3 is 20.4 Å². The van der Waals surface area contributed by atoms with Crippen molar-refractivity contribution in [2.24, 2.45) is 39.9 Å². The Labute approximate surface area is 167 Å². The molecule has 0 amide bonds. The van der Waals surface area contributed by atoms with Gasteiger partial charge in [0, 0.05) is 13.5 Å². The summed E-state index contributed by atoms with van der Waals surface area (Å²) in [6, 6.07) is 0. The van der Waals surface area contributed by atoms with E-state index in [1.807, 2.05) is 0 Å². The fraction of sp³-hybridized carbons (Fsp3) is 0.909. The van der Waals surface area contributed by atoms with E-state index in [0.29, 0.717) is 36.2 Å². The molecule has 0 aromatic heterocycles. The van der Waals surface area contributed by atoms with E-state index in [4.69, 9.17) is 4.74 Å². The minimum absolute atomic E-state index is 0. The Morgan fingerprint density at radius 1 is 1.07 bits per heavy atom. The Hall–Kier alpha value is -1.14. The number of carboxylic acid groups (broad SMARTS) is 1. The summed E-state index contributed by atoms with van der Waals surface area (Å²) in [5.41, 5.74) is -0.652. The average molecular weight is 397 g/mol. The molecule has 4 aliphatic carbocycles. The molecule has 28 heavy (non-hydrogen) atoms. The minimum atomic E-state index is -0.938. The summed E-state index contributed by atoms with van der Waals surface area (Å²) in [6.07, 6.45) is 9.22. The Bertz CT molecular complexity index is 635. The number of carbonyl (C=O) groups is 2. The summed E-state index contributed by atoms with van der Waals surface area (Å²) < 4.78 is 5.32. The Morgan fingerprint density at radius 3 is 2.46 bits per heavy atom. The molecule has 160 valence electrons. The second-order valence-electron chi connectivity index (χ2n) is 10.3. The molecule has 0 aliphatic heterocycles. The molecule has 4 saturated carbocycles. The standard InChI is InChI=1S/C22H34O5.H2O/c1-14(24)27-13-22(19(25)26)8-3-7-20(2)17-5-4-15-10-21(17,9-6-18(20)22)11-16(15)12-23;/h15-18,23H,3-13H2,1-2H3,(H,25,26);1H2/t15-,16+,17+,18+,20+,21+,22+;/m1./s1. The van der Waals surface area contributed by atoms with Crippen molar-refractivity contribution >= 4 is 11.9 Å². The van der Waals surface area contributed by atoms with Gasteiger partial charge in [0.25, 0.3) is 0 Å². The second kappa shape index (κ2) is 7.28. The van der Waals surface area contributed by atoms with Crippen molar-refractivity contribution < 1.29 is 30.0 Å². The molecule has 0 aromatic carbocycles. The molecule has 0 radical (unpaired) electrons. The second-order valence-corrected chi connectivity index (χ2v) is 10.3. The normalized spacial score (nSPS) is 46.7. The van der Waals surface area contributed by atoms with Crippen molar-refractivity contribution in [3.05, 3.63) is 0 Å². The van der Waals surface area contributed by atoms with Crippen molar-refractivity contribution in [1.82, 2.24) is 0 Å². The molecule has 2 bridgehead atoms. The zero-order valence-corrected chi connectivity index (χ0v) is 17.2. The summed E-state index contributed by atoms with van der Waals surface area (Å²) in [4.78, 5) is 23.9. The molecule has 0 heterocycles. The molecule has 6 heteroatoms. The first-order chi connectivity index (χ1) is 12.8. The van der Waals surface area contributed by atoms with Crippen molar-refractivity contribution in [3.8, 4) is 0 Å². The first-order valence-electron chi connectivity index (χ1n) is 10.7. The lowest BCUT2D eigenvalue weighted by Crippen LogP contribution is -2.60. The van der Waals surface area contributed by atoms with Gasteiger partial charge in [-0.2, -0.15) is 0 Å². The number of hydrogen-bond donors (Lipinski definition) is 2. The lowest BCUT2D eigenvalue weighted by molar-refractivity contribution is -0.195. The van der Waals surface area contributed by atoms with Crippen LogP contribution in [0.25, 0.3) is 0 Å². The van der Waals surface area contributed by atoms with Gasteiger partial charge in [-0.05, 0) is 85.9 Å². The number of carboxylic acids is 1. The highest BCUT2D eigenvalue weighted by Gasteiger charge is 2.67. The third-order valence-electron chi connectivity index (χ3n) is 9.29. The lowest BCUT2D eigenvalue weighted by Gasteiger charge is -2.63. The maximum Gasteiger partial charge on any atom is 0.313 e. The minimum Gasteiger partial charge on any atom is -0.481 e. The van der Waals surface area contributed by atoms with E-state index >= 15 is 0 Å². The number of esters is 1. The topological polar surface area (TPSA) is 115 Å². The number of carbonyl (C=O) groups excluding carboxylic acids is 1. The molecular formula is C22H36O6. The first-order valence-corrected chi connectivity index (χ1v) is 10.7. The molecule has 0 saturated heterocycles. The van der Waals surface area contributed by atoms with Gasteiger partial charge in [-0.3, -0.25) is 9.59 Å². The summed E-state index contributed by atoms with van der Waals surface area (Å²) >= 11 is 0. The van der Waals surface area contributed by atoms with Crippen LogP contribution in [0, 0.1) is 39.9 Å². The lowest BCUT2D eigenvalue weighted by atomic mass is 9.40. The summed E-state index contributed by atoms with van der Waals surface area (Å²) in [6.45, 7) is 4.01. The summed E-state index contributed by atoms with van der Waals surface area (Å²) in [5.74, 6) is 0.509. The van der Waals surface area contributed by atoms with E-state index < -0.39 is 17.4 Å². The van der Waals surface area contributed by atoms with E-state index in [2.05, 4.69) is 6.92 Å². The smallest absolute Gasteiger partial charge is 0.313 e. The maximum absolute atomic E-state index is 12.5. The van der Waals surface area contributed by atoms with Gasteiger partial charge in [0.15, 0.2) is 0 Å². The van der Waals surface area contributed by atoms with E-state index in [9.17, 15) is 19.8 Å². The van der Waals surface area contributed by atoms with Crippen LogP contribution >= 0.6 is 0 Å². The van der Waals surface area contributed by atoms with Crippen molar-refractivity contribution in [3.63, 3.8) is 0 Å². The van der Waals surface area contributed by atoms with Crippen LogP contribution in [-0.4, -0.2) is 40.8 Å². The van der Waals surface area contributed by atoms with Gasteiger partial charge in [-0.15, -0.1) is 0 Å². The predicted molar refractivity (Wildman–Crippen MR) is 103 cm³/mol. The van der Waals surface area contributed by atoms with E-state index in [1.54, 1.807) is 0 Å². The molecule has 4 N–H and O–H groups in total. The highest BCUT2D eigenvalue weighted by atomic mass is 16.5. The van der Waals surface area contributed by atoms with Crippen LogP contribution in [0.15, 0.2) is 0 Å². The molecule has 0 unspecified atom stereocenters. The van der Waals surface area contributed by atoms with Crippen molar-refractivity contribution in [2.75, 3.05) is 13.2 Å². The monoisotopic (exact) mass is 396 g/mol. The van der Waals surface area contributed by atoms with Crippen LogP contribution in [0.5, 0.6) is 0 Å². The Balaban J connectivity index is 0.00000225. The number of hydrogen-bond acceptors (Lipinski definition) is 4. The number of aliphatic hydroxyl groups excluding tert-OH is 1. The van der Waals surface area contributed by atoms with Crippen LogP contribution in [0.4, 0.5) is 0 Å². The van der Waals surface area contributed by atoms with Gasteiger partial charge in [0.2, 0.25) is 0 Å².